The van der Waals surface area contributed by atoms with Crippen LogP contribution >= 0.6 is 24.0 Å². The molecule has 2 aliphatic heterocycles. The Bertz CT molecular complexity index is 556. The molecule has 8 nitrogen and oxygen atoms in total. The predicted octanol–water partition coefficient (Wildman–Crippen LogP) is -0.0623. The summed E-state index contributed by atoms with van der Waals surface area (Å²) in [5, 5.41) is 3.19. The highest BCUT2D eigenvalue weighted by molar-refractivity contribution is 14.0. The third kappa shape index (κ3) is 7.26. The van der Waals surface area contributed by atoms with E-state index in [2.05, 4.69) is 15.2 Å². The minimum absolute atomic E-state index is 0. The van der Waals surface area contributed by atoms with Gasteiger partial charge in [0.25, 0.3) is 5.91 Å². The molecule has 0 saturated carbocycles. The summed E-state index contributed by atoms with van der Waals surface area (Å²) in [6, 6.07) is 0. The smallest absolute Gasteiger partial charge is 0.251 e. The summed E-state index contributed by atoms with van der Waals surface area (Å²) in [7, 11) is -3.02. The van der Waals surface area contributed by atoms with Crippen molar-refractivity contribution in [2.24, 2.45) is 4.99 Å². The first-order valence-corrected chi connectivity index (χ1v) is 10.6. The Morgan fingerprint density at radius 1 is 1.24 bits per heavy atom. The van der Waals surface area contributed by atoms with Crippen LogP contribution in [0.1, 0.15) is 19.8 Å². The number of sulfone groups is 1. The van der Waals surface area contributed by atoms with Gasteiger partial charge in [-0.05, 0) is 19.8 Å². The van der Waals surface area contributed by atoms with E-state index < -0.39 is 9.84 Å². The van der Waals surface area contributed by atoms with Gasteiger partial charge in [0.2, 0.25) is 0 Å². The van der Waals surface area contributed by atoms with Gasteiger partial charge >= 0.3 is 0 Å². The number of ether oxygens (including phenoxy) is 1. The lowest BCUT2D eigenvalue weighted by Gasteiger charge is -2.37. The predicted molar refractivity (Wildman–Crippen MR) is 108 cm³/mol. The molecule has 2 aliphatic rings. The molecular formula is C15H29IN4O4S. The van der Waals surface area contributed by atoms with Gasteiger partial charge in [0.1, 0.15) is 15.9 Å². The number of guanidine groups is 1. The van der Waals surface area contributed by atoms with Crippen molar-refractivity contribution in [3.8, 4) is 0 Å². The summed E-state index contributed by atoms with van der Waals surface area (Å²) >= 11 is 0. The van der Waals surface area contributed by atoms with Gasteiger partial charge in [0, 0.05) is 45.6 Å². The molecule has 2 rings (SSSR count). The van der Waals surface area contributed by atoms with Crippen LogP contribution in [0.4, 0.5) is 0 Å². The molecule has 2 saturated heterocycles. The molecule has 1 amide bonds. The summed E-state index contributed by atoms with van der Waals surface area (Å²) in [5.41, 5.74) is 0. The van der Waals surface area contributed by atoms with E-state index in [-0.39, 0.29) is 48.3 Å². The van der Waals surface area contributed by atoms with Crippen molar-refractivity contribution in [3.63, 3.8) is 0 Å². The van der Waals surface area contributed by atoms with Crippen LogP contribution in [0.3, 0.4) is 0 Å². The normalized spacial score (nSPS) is 21.8. The largest absolute Gasteiger partial charge is 0.368 e. The van der Waals surface area contributed by atoms with E-state index in [0.29, 0.717) is 45.3 Å². The number of amides is 1. The minimum Gasteiger partial charge on any atom is -0.368 e. The number of rotatable bonds is 5. The van der Waals surface area contributed by atoms with Crippen LogP contribution in [-0.2, 0) is 19.4 Å². The highest BCUT2D eigenvalue weighted by Gasteiger charge is 2.30. The second-order valence-electron chi connectivity index (χ2n) is 6.18. The van der Waals surface area contributed by atoms with Crippen LogP contribution in [0.2, 0.25) is 0 Å². The van der Waals surface area contributed by atoms with Gasteiger partial charge in [-0.15, -0.1) is 24.0 Å². The summed E-state index contributed by atoms with van der Waals surface area (Å²) < 4.78 is 27.9. The summed E-state index contributed by atoms with van der Waals surface area (Å²) in [6.07, 6.45) is 2.71. The quantitative estimate of drug-likeness (QED) is 0.331. The van der Waals surface area contributed by atoms with Gasteiger partial charge in [0.15, 0.2) is 5.96 Å². The number of aliphatic imine (C=N–C) groups is 1. The van der Waals surface area contributed by atoms with E-state index in [1.165, 1.54) is 6.26 Å². The molecule has 0 aliphatic carbocycles. The Morgan fingerprint density at radius 2 is 1.88 bits per heavy atom. The molecule has 10 heteroatoms. The number of nitrogens with zero attached hydrogens (tertiary/aromatic N) is 3. The summed E-state index contributed by atoms with van der Waals surface area (Å²) in [4.78, 5) is 20.7. The van der Waals surface area contributed by atoms with Crippen molar-refractivity contribution < 1.29 is 17.9 Å². The van der Waals surface area contributed by atoms with Crippen LogP contribution in [0.15, 0.2) is 4.99 Å². The van der Waals surface area contributed by atoms with Gasteiger partial charge in [-0.25, -0.2) is 8.42 Å². The van der Waals surface area contributed by atoms with Gasteiger partial charge in [-0.3, -0.25) is 9.79 Å². The highest BCUT2D eigenvalue weighted by atomic mass is 127. The zero-order valence-corrected chi connectivity index (χ0v) is 18.1. The first-order valence-electron chi connectivity index (χ1n) is 8.52. The molecule has 1 unspecified atom stereocenters. The number of carbonyl (C=O) groups is 1. The minimum atomic E-state index is -3.02. The average Bonchev–Trinajstić information content (AvgIpc) is 3.07. The number of nitrogens with one attached hydrogen (secondary N) is 1. The summed E-state index contributed by atoms with van der Waals surface area (Å²) in [6.45, 7) is 6.25. The number of hydrogen-bond acceptors (Lipinski definition) is 5. The van der Waals surface area contributed by atoms with E-state index in [1.54, 1.807) is 0 Å². The molecule has 0 spiro atoms. The summed E-state index contributed by atoms with van der Waals surface area (Å²) in [5.74, 6) is 0.843. The van der Waals surface area contributed by atoms with Gasteiger partial charge < -0.3 is 19.9 Å². The molecule has 25 heavy (non-hydrogen) atoms. The molecule has 0 aromatic rings. The zero-order valence-electron chi connectivity index (χ0n) is 14.9. The Kier molecular flexibility index (Phi) is 9.43. The third-order valence-electron chi connectivity index (χ3n) is 4.15. The van der Waals surface area contributed by atoms with E-state index in [9.17, 15) is 13.2 Å². The first kappa shape index (κ1) is 22.4. The molecule has 0 radical (unpaired) electrons. The number of halogens is 1. The number of piperazine rings is 1. The number of carbonyl (C=O) groups excluding carboxylic acids is 1. The van der Waals surface area contributed by atoms with Crippen LogP contribution < -0.4 is 5.32 Å². The molecular weight excluding hydrogens is 459 g/mol. The van der Waals surface area contributed by atoms with Gasteiger partial charge in [-0.2, -0.15) is 0 Å². The molecule has 2 heterocycles. The SMILES string of the molecule is CCNC(=NCCS(C)(=O)=O)N1CCN(C(=O)C2CCCO2)CC1.I. The Labute approximate surface area is 167 Å². The second kappa shape index (κ2) is 10.5. The van der Waals surface area contributed by atoms with Crippen LogP contribution in [0.25, 0.3) is 0 Å². The fraction of sp³-hybridized carbons (Fsp3) is 0.867. The van der Waals surface area contributed by atoms with Crippen LogP contribution in [-0.4, -0.2) is 94.1 Å². The van der Waals surface area contributed by atoms with Crippen LogP contribution in [0.5, 0.6) is 0 Å². The second-order valence-corrected chi connectivity index (χ2v) is 8.44. The van der Waals surface area contributed by atoms with Crippen molar-refractivity contribution in [2.75, 3.05) is 57.9 Å². The number of hydrogen-bond donors (Lipinski definition) is 1. The monoisotopic (exact) mass is 488 g/mol. The maximum atomic E-state index is 12.4. The van der Waals surface area contributed by atoms with E-state index in [1.807, 2.05) is 11.8 Å². The lowest BCUT2D eigenvalue weighted by molar-refractivity contribution is -0.142. The van der Waals surface area contributed by atoms with Crippen molar-refractivity contribution in [1.29, 1.82) is 0 Å². The van der Waals surface area contributed by atoms with Crippen molar-refractivity contribution in [2.45, 2.75) is 25.9 Å². The topological polar surface area (TPSA) is 91.3 Å². The molecule has 146 valence electrons. The molecule has 0 aromatic heterocycles. The fourth-order valence-corrected chi connectivity index (χ4v) is 3.28. The zero-order chi connectivity index (χ0) is 17.6. The van der Waals surface area contributed by atoms with Crippen molar-refractivity contribution in [1.82, 2.24) is 15.1 Å². The Balaban J connectivity index is 0.00000312. The maximum Gasteiger partial charge on any atom is 0.251 e. The van der Waals surface area contributed by atoms with Crippen molar-refractivity contribution in [3.05, 3.63) is 0 Å². The van der Waals surface area contributed by atoms with E-state index in [0.717, 1.165) is 12.8 Å². The highest BCUT2D eigenvalue weighted by Crippen LogP contribution is 2.16. The standard InChI is InChI=1S/C15H28N4O4S.HI/c1-3-16-15(17-6-12-24(2,21)22)19-9-7-18(8-10-19)14(20)13-5-4-11-23-13;/h13H,3-12H2,1-2H3,(H,16,17);1H. The maximum absolute atomic E-state index is 12.4. The first-order chi connectivity index (χ1) is 11.4. The molecule has 0 aromatic carbocycles. The van der Waals surface area contributed by atoms with Crippen molar-refractivity contribution >= 4 is 45.7 Å². The Hall–Kier alpha value is -0.620. The van der Waals surface area contributed by atoms with Gasteiger partial charge in [-0.1, -0.05) is 0 Å². The molecule has 2 fully saturated rings. The average molecular weight is 488 g/mol. The van der Waals surface area contributed by atoms with E-state index >= 15 is 0 Å². The van der Waals surface area contributed by atoms with Crippen LogP contribution in [0, 0.1) is 0 Å². The third-order valence-corrected chi connectivity index (χ3v) is 5.08. The fourth-order valence-electron chi connectivity index (χ4n) is 2.86. The lowest BCUT2D eigenvalue weighted by atomic mass is 10.2. The molecule has 1 N–H and O–H groups in total. The lowest BCUT2D eigenvalue weighted by Crippen LogP contribution is -2.55. The Morgan fingerprint density at radius 3 is 2.40 bits per heavy atom. The van der Waals surface area contributed by atoms with E-state index in [4.69, 9.17) is 4.74 Å². The molecule has 0 bridgehead atoms. The van der Waals surface area contributed by atoms with Gasteiger partial charge in [0.05, 0.1) is 12.3 Å². The molecule has 1 atom stereocenters.